The number of carboxylic acid groups (broad SMARTS) is 1. The first-order valence-electron chi connectivity index (χ1n) is 8.40. The largest absolute Gasteiger partial charge is 0.481 e. The maximum Gasteiger partial charge on any atom is 0.303 e. The van der Waals surface area contributed by atoms with Gasteiger partial charge in [-0.1, -0.05) is 18.2 Å². The van der Waals surface area contributed by atoms with Crippen molar-refractivity contribution in [2.75, 3.05) is 13.1 Å². The Morgan fingerprint density at radius 1 is 1.20 bits per heavy atom. The van der Waals surface area contributed by atoms with Crippen LogP contribution in [0.25, 0.3) is 10.8 Å². The molecule has 2 heterocycles. The second kappa shape index (κ2) is 7.04. The quantitative estimate of drug-likeness (QED) is 0.900. The monoisotopic (exact) mass is 343 g/mol. The van der Waals surface area contributed by atoms with E-state index in [0.717, 1.165) is 0 Å². The van der Waals surface area contributed by atoms with E-state index in [1.54, 1.807) is 24.1 Å². The summed E-state index contributed by atoms with van der Waals surface area (Å²) in [6.07, 6.45) is 1.71. The molecule has 0 radical (unpaired) electrons. The molecule has 7 heteroatoms. The van der Waals surface area contributed by atoms with Gasteiger partial charge in [0, 0.05) is 31.9 Å². The van der Waals surface area contributed by atoms with E-state index in [0.29, 0.717) is 42.4 Å². The lowest BCUT2D eigenvalue weighted by molar-refractivity contribution is -0.138. The number of hydrogen-bond acceptors (Lipinski definition) is 4. The number of carboxylic acids is 1. The number of fused-ring (bicyclic) bond motifs is 1. The van der Waals surface area contributed by atoms with Gasteiger partial charge >= 0.3 is 5.97 Å². The van der Waals surface area contributed by atoms with E-state index in [2.05, 4.69) is 5.10 Å². The first kappa shape index (κ1) is 17.1. The summed E-state index contributed by atoms with van der Waals surface area (Å²) in [4.78, 5) is 37.3. The minimum atomic E-state index is -0.786. The zero-order chi connectivity index (χ0) is 18.0. The predicted octanol–water partition coefficient (Wildman–Crippen LogP) is 1.19. The van der Waals surface area contributed by atoms with Crippen LogP contribution in [0.3, 0.4) is 0 Å². The minimum Gasteiger partial charge on any atom is -0.481 e. The fourth-order valence-electron chi connectivity index (χ4n) is 3.39. The van der Waals surface area contributed by atoms with Gasteiger partial charge in [0.15, 0.2) is 0 Å². The van der Waals surface area contributed by atoms with Gasteiger partial charge in [-0.2, -0.15) is 5.10 Å². The van der Waals surface area contributed by atoms with Crippen molar-refractivity contribution >= 4 is 22.6 Å². The van der Waals surface area contributed by atoms with Crippen molar-refractivity contribution in [3.8, 4) is 0 Å². The number of aryl methyl sites for hydroxylation is 1. The van der Waals surface area contributed by atoms with Gasteiger partial charge in [0.2, 0.25) is 5.91 Å². The number of aliphatic carboxylic acids is 1. The van der Waals surface area contributed by atoms with Crippen LogP contribution in [0.4, 0.5) is 0 Å². The fourth-order valence-corrected chi connectivity index (χ4v) is 3.39. The predicted molar refractivity (Wildman–Crippen MR) is 92.2 cm³/mol. The Bertz CT molecular complexity index is 866. The number of rotatable bonds is 4. The molecule has 0 aliphatic carbocycles. The minimum absolute atomic E-state index is 0.0370. The summed E-state index contributed by atoms with van der Waals surface area (Å²) in [6.45, 7) is 1.14. The molecule has 0 spiro atoms. The molecule has 0 saturated carbocycles. The number of likely N-dealkylation sites (tertiary alicyclic amines) is 1. The van der Waals surface area contributed by atoms with Crippen molar-refractivity contribution in [1.29, 1.82) is 0 Å². The first-order valence-corrected chi connectivity index (χ1v) is 8.40. The molecule has 1 amide bonds. The van der Waals surface area contributed by atoms with Gasteiger partial charge in [-0.05, 0) is 24.8 Å². The van der Waals surface area contributed by atoms with Gasteiger partial charge in [-0.3, -0.25) is 14.4 Å². The van der Waals surface area contributed by atoms with Crippen LogP contribution in [0, 0.1) is 5.92 Å². The number of benzene rings is 1. The fraction of sp³-hybridized carbons (Fsp3) is 0.444. The lowest BCUT2D eigenvalue weighted by Gasteiger charge is -2.31. The normalized spacial score (nSPS) is 15.5. The SMILES string of the molecule is Cn1nc(CC(=O)N2CCC(CC(=O)O)CC2)c2ccccc2c1=O. The lowest BCUT2D eigenvalue weighted by atomic mass is 9.93. The number of nitrogens with zero attached hydrogens (tertiary/aromatic N) is 3. The molecule has 1 aromatic heterocycles. The summed E-state index contributed by atoms with van der Waals surface area (Å²) >= 11 is 0. The Morgan fingerprint density at radius 3 is 2.48 bits per heavy atom. The molecule has 1 N–H and O–H groups in total. The third-order valence-corrected chi connectivity index (χ3v) is 4.78. The molecular formula is C18H21N3O4. The van der Waals surface area contributed by atoms with Crippen LogP contribution >= 0.6 is 0 Å². The van der Waals surface area contributed by atoms with Crippen LogP contribution in [-0.4, -0.2) is 44.8 Å². The van der Waals surface area contributed by atoms with Crippen molar-refractivity contribution < 1.29 is 14.7 Å². The number of amides is 1. The van der Waals surface area contributed by atoms with Gasteiger partial charge < -0.3 is 10.0 Å². The van der Waals surface area contributed by atoms with Crippen LogP contribution in [0.2, 0.25) is 0 Å². The highest BCUT2D eigenvalue weighted by Gasteiger charge is 2.25. The highest BCUT2D eigenvalue weighted by molar-refractivity contribution is 5.88. The Kier molecular flexibility index (Phi) is 4.83. The molecule has 1 fully saturated rings. The van der Waals surface area contributed by atoms with Gasteiger partial charge in [-0.25, -0.2) is 4.68 Å². The molecule has 3 rings (SSSR count). The Labute approximate surface area is 144 Å². The third-order valence-electron chi connectivity index (χ3n) is 4.78. The maximum absolute atomic E-state index is 12.6. The molecule has 0 bridgehead atoms. The highest BCUT2D eigenvalue weighted by Crippen LogP contribution is 2.21. The molecule has 1 saturated heterocycles. The molecule has 132 valence electrons. The van der Waals surface area contributed by atoms with E-state index in [1.807, 2.05) is 12.1 Å². The number of carbonyl (C=O) groups excluding carboxylic acids is 1. The highest BCUT2D eigenvalue weighted by atomic mass is 16.4. The van der Waals surface area contributed by atoms with E-state index in [4.69, 9.17) is 5.11 Å². The van der Waals surface area contributed by atoms with Crippen LogP contribution in [0.15, 0.2) is 29.1 Å². The van der Waals surface area contributed by atoms with E-state index in [9.17, 15) is 14.4 Å². The molecule has 25 heavy (non-hydrogen) atoms. The topological polar surface area (TPSA) is 92.5 Å². The van der Waals surface area contributed by atoms with Gasteiger partial charge in [0.05, 0.1) is 17.5 Å². The summed E-state index contributed by atoms with van der Waals surface area (Å²) in [5.74, 6) is -0.686. The summed E-state index contributed by atoms with van der Waals surface area (Å²) in [5.41, 5.74) is 0.414. The number of hydrogen-bond donors (Lipinski definition) is 1. The van der Waals surface area contributed by atoms with Crippen molar-refractivity contribution in [1.82, 2.24) is 14.7 Å². The zero-order valence-corrected chi connectivity index (χ0v) is 14.1. The molecule has 0 atom stereocenters. The Hall–Kier alpha value is -2.70. The second-order valence-corrected chi connectivity index (χ2v) is 6.52. The second-order valence-electron chi connectivity index (χ2n) is 6.52. The van der Waals surface area contributed by atoms with E-state index < -0.39 is 5.97 Å². The van der Waals surface area contributed by atoms with Crippen molar-refractivity contribution in [2.24, 2.45) is 13.0 Å². The first-order chi connectivity index (χ1) is 12.0. The van der Waals surface area contributed by atoms with Crippen LogP contribution < -0.4 is 5.56 Å². The molecule has 0 unspecified atom stereocenters. The third kappa shape index (κ3) is 3.70. The molecule has 2 aromatic rings. The zero-order valence-electron chi connectivity index (χ0n) is 14.1. The Balaban J connectivity index is 1.74. The summed E-state index contributed by atoms with van der Waals surface area (Å²) in [6, 6.07) is 7.17. The van der Waals surface area contributed by atoms with Crippen LogP contribution in [0.5, 0.6) is 0 Å². The van der Waals surface area contributed by atoms with Crippen molar-refractivity contribution in [3.63, 3.8) is 0 Å². The van der Waals surface area contributed by atoms with Crippen LogP contribution in [0.1, 0.15) is 25.0 Å². The van der Waals surface area contributed by atoms with E-state index in [1.165, 1.54) is 4.68 Å². The van der Waals surface area contributed by atoms with E-state index in [-0.39, 0.29) is 30.2 Å². The average molecular weight is 343 g/mol. The standard InChI is InChI=1S/C18H21N3O4/c1-20-18(25)14-5-3-2-4-13(14)15(19-20)11-16(22)21-8-6-12(7-9-21)10-17(23)24/h2-5,12H,6-11H2,1H3,(H,23,24). The number of piperidine rings is 1. The number of aromatic nitrogens is 2. The maximum atomic E-state index is 12.6. The molecule has 1 aliphatic rings. The summed E-state index contributed by atoms with van der Waals surface area (Å²) < 4.78 is 1.27. The van der Waals surface area contributed by atoms with Gasteiger partial charge in [0.1, 0.15) is 0 Å². The number of carbonyl (C=O) groups is 2. The van der Waals surface area contributed by atoms with Gasteiger partial charge in [-0.15, -0.1) is 0 Å². The smallest absolute Gasteiger partial charge is 0.303 e. The van der Waals surface area contributed by atoms with Crippen molar-refractivity contribution in [2.45, 2.75) is 25.7 Å². The van der Waals surface area contributed by atoms with Gasteiger partial charge in [0.25, 0.3) is 5.56 Å². The van der Waals surface area contributed by atoms with Crippen molar-refractivity contribution in [3.05, 3.63) is 40.3 Å². The van der Waals surface area contributed by atoms with Crippen LogP contribution in [-0.2, 0) is 23.1 Å². The molecule has 1 aliphatic heterocycles. The molecule has 7 nitrogen and oxygen atoms in total. The Morgan fingerprint density at radius 2 is 1.84 bits per heavy atom. The van der Waals surface area contributed by atoms with E-state index >= 15 is 0 Å². The lowest BCUT2D eigenvalue weighted by Crippen LogP contribution is -2.40. The molecule has 1 aromatic carbocycles. The average Bonchev–Trinajstić information content (AvgIpc) is 2.59. The summed E-state index contributed by atoms with van der Waals surface area (Å²) in [7, 11) is 1.58. The molecular weight excluding hydrogens is 322 g/mol. The summed E-state index contributed by atoms with van der Waals surface area (Å²) in [5, 5.41) is 14.4.